The molecule has 3 aliphatic heterocycles. The molecule has 0 aromatic rings. The summed E-state index contributed by atoms with van der Waals surface area (Å²) in [4.78, 5) is 12.7. The van der Waals surface area contributed by atoms with E-state index in [4.69, 9.17) is 42.6 Å². The van der Waals surface area contributed by atoms with Gasteiger partial charge in [0.05, 0.1) is 48.8 Å². The molecule has 16 nitrogen and oxygen atoms in total. The van der Waals surface area contributed by atoms with Crippen molar-refractivity contribution in [3.8, 4) is 0 Å². The summed E-state index contributed by atoms with van der Waals surface area (Å²) in [5.41, 5.74) is -4.66. The minimum atomic E-state index is -1.77. The molecule has 3 heterocycles. The lowest BCUT2D eigenvalue weighted by molar-refractivity contribution is -0.364. The van der Waals surface area contributed by atoms with Crippen LogP contribution in [0.3, 0.4) is 0 Å². The number of Topliss-reactive ketones (excluding diaryl/α,β-unsaturated/α-hetero) is 1. The van der Waals surface area contributed by atoms with Gasteiger partial charge in [0.2, 0.25) is 0 Å². The molecule has 4 aliphatic carbocycles. The van der Waals surface area contributed by atoms with Gasteiger partial charge in [-0.25, -0.2) is 0 Å². The Hall–Kier alpha value is -1.19. The van der Waals surface area contributed by atoms with Crippen molar-refractivity contribution in [2.75, 3.05) is 21.3 Å². The van der Waals surface area contributed by atoms with Crippen molar-refractivity contribution in [3.63, 3.8) is 0 Å². The molecule has 22 atom stereocenters. The number of aliphatic hydroxyl groups is 6. The third kappa shape index (κ3) is 7.21. The van der Waals surface area contributed by atoms with E-state index in [0.29, 0.717) is 38.5 Å². The van der Waals surface area contributed by atoms with E-state index in [9.17, 15) is 35.4 Å². The maximum absolute atomic E-state index is 12.7. The van der Waals surface area contributed by atoms with E-state index in [2.05, 4.69) is 0 Å². The molecule has 3 saturated carbocycles. The van der Waals surface area contributed by atoms with Crippen LogP contribution in [0, 0.1) is 22.7 Å². The molecule has 0 spiro atoms. The molecule has 338 valence electrons. The summed E-state index contributed by atoms with van der Waals surface area (Å²) < 4.78 is 55.5. The van der Waals surface area contributed by atoms with Crippen molar-refractivity contribution in [1.82, 2.24) is 0 Å². The fraction of sp³-hybridized carbons (Fsp3) is 0.930. The second kappa shape index (κ2) is 16.4. The Kier molecular flexibility index (Phi) is 12.8. The van der Waals surface area contributed by atoms with E-state index in [0.717, 1.165) is 5.57 Å². The standard InChI is InChI=1S/C43H70O16/c1-20(44)26-13-16-43(50)41(26,7)37(48)32(47)36-39(5)14-12-25(17-24(39)11-15-42(36,43)49)59-40(6)19-28(52-9)34(23(4)58-40)56-29-18-27(51-8)33(22(3)54-29)57-38-31(46)35(53-10)30(45)21(2)55-38/h11,21-23,25-38,45-50H,12-19H2,1-10H3. The second-order valence-electron chi connectivity index (χ2n) is 19.3. The van der Waals surface area contributed by atoms with Gasteiger partial charge < -0.3 is 73.3 Å². The molecule has 0 aromatic heterocycles. The smallest absolute Gasteiger partial charge is 0.187 e. The highest BCUT2D eigenvalue weighted by Crippen LogP contribution is 2.69. The van der Waals surface area contributed by atoms with Gasteiger partial charge in [0.25, 0.3) is 0 Å². The third-order valence-electron chi connectivity index (χ3n) is 16.1. The molecular formula is C43H70O16. The van der Waals surface area contributed by atoms with Crippen molar-refractivity contribution in [2.24, 2.45) is 22.7 Å². The number of carbonyl (C=O) groups excluding carboxylic acids is 1. The quantitative estimate of drug-likeness (QED) is 0.172. The van der Waals surface area contributed by atoms with Crippen LogP contribution < -0.4 is 0 Å². The van der Waals surface area contributed by atoms with Crippen molar-refractivity contribution in [2.45, 2.75) is 209 Å². The van der Waals surface area contributed by atoms with Crippen LogP contribution in [-0.4, -0.2) is 167 Å². The van der Waals surface area contributed by atoms with E-state index in [-0.39, 0.29) is 24.7 Å². The fourth-order valence-corrected chi connectivity index (χ4v) is 12.9. The highest BCUT2D eigenvalue weighted by Gasteiger charge is 2.78. The van der Waals surface area contributed by atoms with Gasteiger partial charge >= 0.3 is 0 Å². The maximum Gasteiger partial charge on any atom is 0.187 e. The van der Waals surface area contributed by atoms with Gasteiger partial charge in [-0.1, -0.05) is 25.5 Å². The van der Waals surface area contributed by atoms with E-state index in [1.165, 1.54) is 14.0 Å². The maximum atomic E-state index is 12.7. The molecule has 6 fully saturated rings. The van der Waals surface area contributed by atoms with Gasteiger partial charge in [-0.05, 0) is 78.6 Å². The molecule has 22 unspecified atom stereocenters. The van der Waals surface area contributed by atoms with Gasteiger partial charge in [0.1, 0.15) is 47.5 Å². The molecule has 6 N–H and O–H groups in total. The van der Waals surface area contributed by atoms with E-state index < -0.39 is 125 Å². The Labute approximate surface area is 347 Å². The highest BCUT2D eigenvalue weighted by molar-refractivity contribution is 5.80. The number of carbonyl (C=O) groups is 1. The summed E-state index contributed by atoms with van der Waals surface area (Å²) in [5.74, 6) is -2.75. The van der Waals surface area contributed by atoms with E-state index in [1.54, 1.807) is 28.1 Å². The average molecular weight is 843 g/mol. The summed E-state index contributed by atoms with van der Waals surface area (Å²) in [5, 5.41) is 69.7. The molecular weight excluding hydrogens is 772 g/mol. The number of aliphatic hydroxyl groups excluding tert-OH is 4. The Morgan fingerprint density at radius 1 is 0.797 bits per heavy atom. The van der Waals surface area contributed by atoms with Gasteiger partial charge in [-0.3, -0.25) is 4.79 Å². The lowest BCUT2D eigenvalue weighted by Gasteiger charge is -2.67. The zero-order valence-corrected chi connectivity index (χ0v) is 36.3. The Balaban J connectivity index is 0.996. The monoisotopic (exact) mass is 842 g/mol. The summed E-state index contributed by atoms with van der Waals surface area (Å²) in [6.07, 6.45) is -6.85. The molecule has 16 heteroatoms. The lowest BCUT2D eigenvalue weighted by atomic mass is 9.42. The Bertz CT molecular complexity index is 1560. The highest BCUT2D eigenvalue weighted by atomic mass is 16.8. The Morgan fingerprint density at radius 3 is 2.12 bits per heavy atom. The van der Waals surface area contributed by atoms with Crippen LogP contribution in [0.2, 0.25) is 0 Å². The van der Waals surface area contributed by atoms with Gasteiger partial charge in [0.15, 0.2) is 18.4 Å². The minimum absolute atomic E-state index is 0.0813. The van der Waals surface area contributed by atoms with Gasteiger partial charge in [-0.15, -0.1) is 0 Å². The van der Waals surface area contributed by atoms with Crippen LogP contribution in [0.25, 0.3) is 0 Å². The zero-order valence-electron chi connectivity index (χ0n) is 36.3. The number of ether oxygens (including phenoxy) is 9. The number of fused-ring (bicyclic) bond motifs is 5. The van der Waals surface area contributed by atoms with E-state index >= 15 is 0 Å². The zero-order chi connectivity index (χ0) is 43.2. The van der Waals surface area contributed by atoms with Gasteiger partial charge in [-0.2, -0.15) is 0 Å². The first-order valence-corrected chi connectivity index (χ1v) is 21.6. The second-order valence-corrected chi connectivity index (χ2v) is 19.3. The molecule has 59 heavy (non-hydrogen) atoms. The summed E-state index contributed by atoms with van der Waals surface area (Å²) in [6.45, 7) is 12.4. The van der Waals surface area contributed by atoms with Crippen LogP contribution in [0.15, 0.2) is 11.6 Å². The SMILES string of the molecule is COC1CC(C)(OC2CCC3(C)C(=CCC4(O)C3C(O)C(O)C3(C)C(C(C)=O)CCC43O)C2)OC(C)C1OC1CC(OC)C(OC2OC(C)C(O)C(OC)C2O)C(C)O1. The van der Waals surface area contributed by atoms with Crippen molar-refractivity contribution >= 4 is 5.78 Å². The summed E-state index contributed by atoms with van der Waals surface area (Å²) >= 11 is 0. The van der Waals surface area contributed by atoms with Crippen molar-refractivity contribution in [1.29, 1.82) is 0 Å². The molecule has 0 radical (unpaired) electrons. The lowest BCUT2D eigenvalue weighted by Crippen LogP contribution is -2.79. The first kappa shape index (κ1) is 45.8. The van der Waals surface area contributed by atoms with Crippen LogP contribution in [0.5, 0.6) is 0 Å². The first-order chi connectivity index (χ1) is 27.6. The number of rotatable bonds is 10. The summed E-state index contributed by atoms with van der Waals surface area (Å²) in [6, 6.07) is 0. The van der Waals surface area contributed by atoms with E-state index in [1.807, 2.05) is 33.8 Å². The van der Waals surface area contributed by atoms with Crippen LogP contribution in [0.1, 0.15) is 99.8 Å². The van der Waals surface area contributed by atoms with Crippen LogP contribution in [-0.2, 0) is 47.4 Å². The molecule has 0 aromatic carbocycles. The van der Waals surface area contributed by atoms with Gasteiger partial charge in [0, 0.05) is 51.4 Å². The Morgan fingerprint density at radius 2 is 1.47 bits per heavy atom. The average Bonchev–Trinajstić information content (AvgIpc) is 3.47. The number of methoxy groups -OCH3 is 3. The first-order valence-electron chi connectivity index (χ1n) is 21.6. The molecule has 7 aliphatic rings. The predicted molar refractivity (Wildman–Crippen MR) is 207 cm³/mol. The topological polar surface area (TPSA) is 222 Å². The largest absolute Gasteiger partial charge is 0.390 e. The molecule has 3 saturated heterocycles. The normalized spacial score (nSPS) is 55.1. The van der Waals surface area contributed by atoms with Crippen LogP contribution in [0.4, 0.5) is 0 Å². The van der Waals surface area contributed by atoms with Crippen LogP contribution >= 0.6 is 0 Å². The minimum Gasteiger partial charge on any atom is -0.390 e. The molecule has 0 amide bonds. The molecule has 0 bridgehead atoms. The van der Waals surface area contributed by atoms with Crippen molar-refractivity contribution < 1.29 is 78.1 Å². The number of hydrogen-bond acceptors (Lipinski definition) is 16. The number of hydrogen-bond donors (Lipinski definition) is 6. The molecule has 7 rings (SSSR count). The predicted octanol–water partition coefficient (Wildman–Crippen LogP) is 1.65. The van der Waals surface area contributed by atoms with Crippen molar-refractivity contribution in [3.05, 3.63) is 11.6 Å². The fourth-order valence-electron chi connectivity index (χ4n) is 12.9. The third-order valence-corrected chi connectivity index (χ3v) is 16.1. The summed E-state index contributed by atoms with van der Waals surface area (Å²) in [7, 11) is 4.61. The number of ketones is 1.